The molecule has 120 valence electrons. The predicted molar refractivity (Wildman–Crippen MR) is 89.5 cm³/mol. The molecule has 0 saturated carbocycles. The molecule has 0 bridgehead atoms. The van der Waals surface area contributed by atoms with Gasteiger partial charge in [0.05, 0.1) is 19.4 Å². The number of hydrogen-bond donors (Lipinski definition) is 1. The number of amides is 1. The first-order chi connectivity index (χ1) is 11.2. The van der Waals surface area contributed by atoms with Crippen LogP contribution in [0.1, 0.15) is 24.1 Å². The van der Waals surface area contributed by atoms with Gasteiger partial charge in [-0.15, -0.1) is 0 Å². The topological polar surface area (TPSA) is 59.9 Å². The first-order valence-electron chi connectivity index (χ1n) is 7.33. The van der Waals surface area contributed by atoms with E-state index in [1.165, 1.54) is 0 Å². The fourth-order valence-electron chi connectivity index (χ4n) is 2.12. The van der Waals surface area contributed by atoms with Gasteiger partial charge in [0.2, 0.25) is 0 Å². The summed E-state index contributed by atoms with van der Waals surface area (Å²) in [4.78, 5) is 16.9. The average molecular weight is 312 g/mol. The summed E-state index contributed by atoms with van der Waals surface area (Å²) < 4.78 is 5.29. The Balaban J connectivity index is 1.81. The van der Waals surface area contributed by atoms with Crippen molar-refractivity contribution in [1.82, 2.24) is 5.32 Å². The summed E-state index contributed by atoms with van der Waals surface area (Å²) in [5.74, 6) is 0.497. The number of benzene rings is 2. The minimum Gasteiger partial charge on any atom is -0.496 e. The monoisotopic (exact) mass is 312 g/mol. The number of rotatable bonds is 7. The Bertz CT molecular complexity index is 656. The van der Waals surface area contributed by atoms with Crippen LogP contribution < -0.4 is 10.1 Å². The van der Waals surface area contributed by atoms with Crippen molar-refractivity contribution >= 4 is 12.1 Å². The van der Waals surface area contributed by atoms with Crippen molar-refractivity contribution in [1.29, 1.82) is 0 Å². The van der Waals surface area contributed by atoms with E-state index >= 15 is 0 Å². The summed E-state index contributed by atoms with van der Waals surface area (Å²) in [5, 5.41) is 6.64. The van der Waals surface area contributed by atoms with Crippen molar-refractivity contribution in [3.63, 3.8) is 0 Å². The highest BCUT2D eigenvalue weighted by atomic mass is 16.6. The quantitative estimate of drug-likeness (QED) is 0.631. The van der Waals surface area contributed by atoms with Gasteiger partial charge in [-0.05, 0) is 18.6 Å². The number of nitrogens with zero attached hydrogens (tertiary/aromatic N) is 1. The van der Waals surface area contributed by atoms with E-state index in [4.69, 9.17) is 9.57 Å². The molecule has 0 aliphatic rings. The summed E-state index contributed by atoms with van der Waals surface area (Å²) in [6.07, 6.45) is 1.57. The minimum atomic E-state index is -0.242. The lowest BCUT2D eigenvalue weighted by molar-refractivity contribution is -0.126. The molecule has 0 aromatic heterocycles. The Morgan fingerprint density at radius 2 is 1.87 bits per heavy atom. The summed E-state index contributed by atoms with van der Waals surface area (Å²) in [6.45, 7) is 1.76. The Morgan fingerprint density at radius 1 is 1.17 bits per heavy atom. The Labute approximate surface area is 135 Å². The van der Waals surface area contributed by atoms with Gasteiger partial charge in [-0.2, -0.15) is 0 Å². The fraction of sp³-hybridized carbons (Fsp3) is 0.222. The van der Waals surface area contributed by atoms with E-state index in [-0.39, 0.29) is 18.6 Å². The van der Waals surface area contributed by atoms with Crippen LogP contribution in [0.4, 0.5) is 0 Å². The molecule has 1 unspecified atom stereocenters. The highest BCUT2D eigenvalue weighted by molar-refractivity contribution is 5.79. The summed E-state index contributed by atoms with van der Waals surface area (Å²) in [7, 11) is 1.61. The molecule has 2 aromatic rings. The summed E-state index contributed by atoms with van der Waals surface area (Å²) in [5.41, 5.74) is 1.83. The fourth-order valence-corrected chi connectivity index (χ4v) is 2.12. The van der Waals surface area contributed by atoms with Gasteiger partial charge in [-0.1, -0.05) is 53.7 Å². The third-order valence-electron chi connectivity index (χ3n) is 3.25. The number of carbonyl (C=O) groups excluding carboxylic acids is 1. The molecule has 0 radical (unpaired) electrons. The lowest BCUT2D eigenvalue weighted by Crippen LogP contribution is -2.29. The standard InChI is InChI=1S/C18H20N2O3/c1-14(16-10-6-7-11-17(16)22-2)20-18(21)13-23-19-12-15-8-4-3-5-9-15/h3-12,14H,13H2,1-2H3,(H,20,21)/b19-12+. The van der Waals surface area contributed by atoms with Crippen molar-refractivity contribution in [2.45, 2.75) is 13.0 Å². The molecule has 0 aliphatic carbocycles. The second kappa shape index (κ2) is 8.58. The van der Waals surface area contributed by atoms with Crippen LogP contribution in [0.5, 0.6) is 5.75 Å². The molecule has 1 amide bonds. The van der Waals surface area contributed by atoms with Crippen molar-refractivity contribution in [3.05, 3.63) is 65.7 Å². The van der Waals surface area contributed by atoms with Crippen molar-refractivity contribution in [3.8, 4) is 5.75 Å². The molecule has 1 atom stereocenters. The second-order valence-electron chi connectivity index (χ2n) is 4.95. The lowest BCUT2D eigenvalue weighted by atomic mass is 10.1. The molecular weight excluding hydrogens is 292 g/mol. The maximum Gasteiger partial charge on any atom is 0.261 e. The Morgan fingerprint density at radius 3 is 2.61 bits per heavy atom. The van der Waals surface area contributed by atoms with Gasteiger partial charge < -0.3 is 14.9 Å². The molecule has 0 spiro atoms. The number of hydrogen-bond acceptors (Lipinski definition) is 4. The molecule has 2 aromatic carbocycles. The molecule has 2 rings (SSSR count). The number of methoxy groups -OCH3 is 1. The number of nitrogens with one attached hydrogen (secondary N) is 1. The number of ether oxygens (including phenoxy) is 1. The van der Waals surface area contributed by atoms with Crippen LogP contribution in [0.2, 0.25) is 0 Å². The zero-order valence-electron chi connectivity index (χ0n) is 13.2. The smallest absolute Gasteiger partial charge is 0.261 e. The zero-order chi connectivity index (χ0) is 16.5. The third-order valence-corrected chi connectivity index (χ3v) is 3.25. The largest absolute Gasteiger partial charge is 0.496 e. The second-order valence-corrected chi connectivity index (χ2v) is 4.95. The molecule has 23 heavy (non-hydrogen) atoms. The highest BCUT2D eigenvalue weighted by Gasteiger charge is 2.13. The predicted octanol–water partition coefficient (Wildman–Crippen LogP) is 2.92. The van der Waals surface area contributed by atoms with Gasteiger partial charge in [0.15, 0.2) is 6.61 Å². The van der Waals surface area contributed by atoms with Crippen molar-refractivity contribution < 1.29 is 14.4 Å². The van der Waals surface area contributed by atoms with E-state index < -0.39 is 0 Å². The van der Waals surface area contributed by atoms with Gasteiger partial charge in [-0.25, -0.2) is 0 Å². The van der Waals surface area contributed by atoms with E-state index in [2.05, 4.69) is 10.5 Å². The zero-order valence-corrected chi connectivity index (χ0v) is 13.2. The Kier molecular flexibility index (Phi) is 6.17. The van der Waals surface area contributed by atoms with Gasteiger partial charge in [0.25, 0.3) is 5.91 Å². The van der Waals surface area contributed by atoms with Crippen molar-refractivity contribution in [2.75, 3.05) is 13.7 Å². The first kappa shape index (κ1) is 16.5. The lowest BCUT2D eigenvalue weighted by Gasteiger charge is -2.16. The van der Waals surface area contributed by atoms with Crippen LogP contribution in [0.15, 0.2) is 59.8 Å². The normalized spacial score (nSPS) is 11.9. The van der Waals surface area contributed by atoms with Crippen molar-refractivity contribution in [2.24, 2.45) is 5.16 Å². The maximum atomic E-state index is 11.9. The summed E-state index contributed by atoms with van der Waals surface area (Å²) in [6, 6.07) is 16.9. The molecule has 0 saturated heterocycles. The van der Waals surface area contributed by atoms with Gasteiger partial charge in [-0.3, -0.25) is 4.79 Å². The molecule has 5 nitrogen and oxygen atoms in total. The van der Waals surface area contributed by atoms with E-state index in [9.17, 15) is 4.79 Å². The molecule has 5 heteroatoms. The molecule has 0 fully saturated rings. The first-order valence-corrected chi connectivity index (χ1v) is 7.33. The van der Waals surface area contributed by atoms with E-state index in [1.807, 2.05) is 61.5 Å². The maximum absolute atomic E-state index is 11.9. The van der Waals surface area contributed by atoms with Crippen LogP contribution in [-0.2, 0) is 9.63 Å². The molecule has 0 aliphatic heterocycles. The number of oxime groups is 1. The molecule has 1 N–H and O–H groups in total. The minimum absolute atomic E-state index is 0.136. The molecule has 0 heterocycles. The number of para-hydroxylation sites is 1. The van der Waals surface area contributed by atoms with Gasteiger partial charge in [0.1, 0.15) is 5.75 Å². The van der Waals surface area contributed by atoms with Crippen LogP contribution in [0.25, 0.3) is 0 Å². The van der Waals surface area contributed by atoms with E-state index in [0.717, 1.165) is 16.9 Å². The SMILES string of the molecule is COc1ccccc1C(C)NC(=O)CO/N=C/c1ccccc1. The van der Waals surface area contributed by atoms with E-state index in [1.54, 1.807) is 13.3 Å². The third kappa shape index (κ3) is 5.14. The van der Waals surface area contributed by atoms with Gasteiger partial charge >= 0.3 is 0 Å². The van der Waals surface area contributed by atoms with Crippen LogP contribution in [-0.4, -0.2) is 25.8 Å². The average Bonchev–Trinajstić information content (AvgIpc) is 2.59. The van der Waals surface area contributed by atoms with Crippen LogP contribution >= 0.6 is 0 Å². The number of carbonyl (C=O) groups is 1. The molecular formula is C18H20N2O3. The Hall–Kier alpha value is -2.82. The highest BCUT2D eigenvalue weighted by Crippen LogP contribution is 2.24. The van der Waals surface area contributed by atoms with Gasteiger partial charge in [0, 0.05) is 5.56 Å². The van der Waals surface area contributed by atoms with Crippen LogP contribution in [0, 0.1) is 0 Å². The van der Waals surface area contributed by atoms with E-state index in [0.29, 0.717) is 0 Å². The van der Waals surface area contributed by atoms with Crippen LogP contribution in [0.3, 0.4) is 0 Å². The summed E-state index contributed by atoms with van der Waals surface area (Å²) >= 11 is 0.